The molecule has 0 spiro atoms. The number of nitrogens with zero attached hydrogens (tertiary/aromatic N) is 2. The maximum absolute atomic E-state index is 12.8. The highest BCUT2D eigenvalue weighted by atomic mass is 32.1. The van der Waals surface area contributed by atoms with Gasteiger partial charge < -0.3 is 10.2 Å². The molecule has 0 radical (unpaired) electrons. The summed E-state index contributed by atoms with van der Waals surface area (Å²) in [5.41, 5.74) is 1.40. The second kappa shape index (κ2) is 8.32. The lowest BCUT2D eigenvalue weighted by atomic mass is 10.1. The van der Waals surface area contributed by atoms with Gasteiger partial charge in [-0.3, -0.25) is 14.5 Å². The van der Waals surface area contributed by atoms with Crippen molar-refractivity contribution < 1.29 is 9.59 Å². The van der Waals surface area contributed by atoms with Crippen LogP contribution in [0.5, 0.6) is 0 Å². The first-order valence-corrected chi connectivity index (χ1v) is 10.3. The van der Waals surface area contributed by atoms with E-state index in [1.54, 1.807) is 11.3 Å². The number of hydrogen-bond donors (Lipinski definition) is 1. The van der Waals surface area contributed by atoms with E-state index in [1.165, 1.54) is 29.7 Å². The number of fused-ring (bicyclic) bond motifs is 1. The zero-order chi connectivity index (χ0) is 17.8. The molecule has 1 aliphatic carbocycles. The molecule has 0 bridgehead atoms. The highest BCUT2D eigenvalue weighted by molar-refractivity contribution is 7.14. The van der Waals surface area contributed by atoms with Gasteiger partial charge in [0, 0.05) is 37.1 Å². The normalized spacial score (nSPS) is 18.8. The van der Waals surface area contributed by atoms with Gasteiger partial charge in [-0.1, -0.05) is 6.42 Å². The third kappa shape index (κ3) is 4.82. The minimum atomic E-state index is 0.0665. The smallest absolute Gasteiger partial charge is 0.264 e. The zero-order valence-electron chi connectivity index (χ0n) is 15.3. The molecule has 0 atom stereocenters. The molecule has 2 amide bonds. The summed E-state index contributed by atoms with van der Waals surface area (Å²) in [7, 11) is 0. The summed E-state index contributed by atoms with van der Waals surface area (Å²) in [6.07, 6.45) is 6.05. The van der Waals surface area contributed by atoms with Gasteiger partial charge in [0.05, 0.1) is 11.4 Å². The summed E-state index contributed by atoms with van der Waals surface area (Å²) in [5, 5.41) is 2.92. The first kappa shape index (κ1) is 18.4. The molecular weight excluding hydrogens is 334 g/mol. The number of hydrogen-bond acceptors (Lipinski definition) is 4. The van der Waals surface area contributed by atoms with Gasteiger partial charge in [0.25, 0.3) is 5.91 Å². The van der Waals surface area contributed by atoms with Crippen LogP contribution in [0.2, 0.25) is 0 Å². The van der Waals surface area contributed by atoms with Crippen molar-refractivity contribution in [3.63, 3.8) is 0 Å². The van der Waals surface area contributed by atoms with E-state index in [2.05, 4.69) is 16.3 Å². The molecule has 6 heteroatoms. The van der Waals surface area contributed by atoms with E-state index in [0.29, 0.717) is 19.6 Å². The van der Waals surface area contributed by atoms with Crippen molar-refractivity contribution in [1.82, 2.24) is 15.1 Å². The second-order valence-corrected chi connectivity index (χ2v) is 8.55. The summed E-state index contributed by atoms with van der Waals surface area (Å²) in [5.74, 6) is 0.237. The van der Waals surface area contributed by atoms with E-state index in [1.807, 2.05) is 18.7 Å². The summed E-state index contributed by atoms with van der Waals surface area (Å²) >= 11 is 1.70. The number of amides is 2. The minimum absolute atomic E-state index is 0.0665. The van der Waals surface area contributed by atoms with Crippen molar-refractivity contribution in [3.05, 3.63) is 21.4 Å². The maximum atomic E-state index is 12.8. The van der Waals surface area contributed by atoms with Gasteiger partial charge in [-0.2, -0.15) is 0 Å². The van der Waals surface area contributed by atoms with Gasteiger partial charge in [0.2, 0.25) is 5.91 Å². The van der Waals surface area contributed by atoms with E-state index >= 15 is 0 Å². The molecule has 138 valence electrons. The topological polar surface area (TPSA) is 52.7 Å². The molecule has 1 N–H and O–H groups in total. The number of carbonyl (C=O) groups is 2. The Balaban J connectivity index is 1.52. The first-order chi connectivity index (χ1) is 12.0. The molecule has 1 fully saturated rings. The molecule has 2 heterocycles. The molecule has 1 aromatic rings. The highest BCUT2D eigenvalue weighted by Gasteiger charge is 2.25. The summed E-state index contributed by atoms with van der Waals surface area (Å²) in [4.78, 5) is 31.1. The number of nitrogens with one attached hydrogen (secondary N) is 1. The van der Waals surface area contributed by atoms with Crippen molar-refractivity contribution in [3.8, 4) is 0 Å². The number of thiophene rings is 1. The molecule has 25 heavy (non-hydrogen) atoms. The number of rotatable bonds is 4. The first-order valence-electron chi connectivity index (χ1n) is 9.45. The highest BCUT2D eigenvalue weighted by Crippen LogP contribution is 2.29. The van der Waals surface area contributed by atoms with Gasteiger partial charge in [-0.25, -0.2) is 0 Å². The van der Waals surface area contributed by atoms with Crippen molar-refractivity contribution >= 4 is 23.2 Å². The number of carbonyl (C=O) groups excluding carboxylic acids is 2. The molecule has 5 nitrogen and oxygen atoms in total. The number of piperazine rings is 1. The standard InChI is InChI=1S/C19H29N3O2S/c1-14(2)20-18(23)13-21-8-10-22(11-9-21)19(24)17-12-15-6-4-3-5-7-16(15)25-17/h12,14H,3-11,13H2,1-2H3,(H,20,23). The number of aryl methyl sites for hydroxylation is 2. The van der Waals surface area contributed by atoms with Crippen molar-refractivity contribution in [2.24, 2.45) is 0 Å². The third-order valence-electron chi connectivity index (χ3n) is 4.93. The van der Waals surface area contributed by atoms with E-state index in [4.69, 9.17) is 0 Å². The Labute approximate surface area is 154 Å². The van der Waals surface area contributed by atoms with Gasteiger partial charge in [-0.15, -0.1) is 11.3 Å². The average molecular weight is 364 g/mol. The van der Waals surface area contributed by atoms with Crippen LogP contribution in [0.25, 0.3) is 0 Å². The van der Waals surface area contributed by atoms with Crippen LogP contribution < -0.4 is 5.32 Å². The molecule has 1 aliphatic heterocycles. The molecule has 1 aromatic heterocycles. The second-order valence-electron chi connectivity index (χ2n) is 7.41. The largest absolute Gasteiger partial charge is 0.353 e. The molecule has 2 aliphatic rings. The zero-order valence-corrected chi connectivity index (χ0v) is 16.2. The predicted molar refractivity (Wildman–Crippen MR) is 101 cm³/mol. The molecule has 3 rings (SSSR count). The van der Waals surface area contributed by atoms with E-state index in [0.717, 1.165) is 30.8 Å². The fourth-order valence-electron chi connectivity index (χ4n) is 3.61. The fourth-order valence-corrected chi connectivity index (χ4v) is 4.83. The summed E-state index contributed by atoms with van der Waals surface area (Å²) in [6.45, 7) is 7.30. The molecule has 1 saturated heterocycles. The molecule has 0 unspecified atom stereocenters. The Kier molecular flexibility index (Phi) is 6.12. The van der Waals surface area contributed by atoms with Crippen molar-refractivity contribution in [1.29, 1.82) is 0 Å². The van der Waals surface area contributed by atoms with Crippen LogP contribution in [0.4, 0.5) is 0 Å². The predicted octanol–water partition coefficient (Wildman–Crippen LogP) is 2.30. The lowest BCUT2D eigenvalue weighted by Crippen LogP contribution is -2.51. The molecule has 0 saturated carbocycles. The van der Waals surface area contributed by atoms with Crippen LogP contribution in [0, 0.1) is 0 Å². The van der Waals surface area contributed by atoms with Crippen LogP contribution in [0.15, 0.2) is 6.07 Å². The van der Waals surface area contributed by atoms with Gasteiger partial charge in [0.1, 0.15) is 0 Å². The van der Waals surface area contributed by atoms with E-state index in [-0.39, 0.29) is 17.9 Å². The quantitative estimate of drug-likeness (QED) is 0.835. The average Bonchev–Trinajstić information content (AvgIpc) is 2.85. The minimum Gasteiger partial charge on any atom is -0.353 e. The van der Waals surface area contributed by atoms with Crippen LogP contribution in [0.3, 0.4) is 0 Å². The van der Waals surface area contributed by atoms with Gasteiger partial charge >= 0.3 is 0 Å². The van der Waals surface area contributed by atoms with Crippen LogP contribution in [0.1, 0.15) is 53.2 Å². The molecular formula is C19H29N3O2S. The van der Waals surface area contributed by atoms with E-state index in [9.17, 15) is 9.59 Å². The van der Waals surface area contributed by atoms with Crippen LogP contribution >= 0.6 is 11.3 Å². The van der Waals surface area contributed by atoms with Gasteiger partial charge in [0.15, 0.2) is 0 Å². The Morgan fingerprint density at radius 2 is 1.84 bits per heavy atom. The monoisotopic (exact) mass is 363 g/mol. The Morgan fingerprint density at radius 1 is 1.12 bits per heavy atom. The van der Waals surface area contributed by atoms with Crippen molar-refractivity contribution in [2.45, 2.75) is 52.0 Å². The lowest BCUT2D eigenvalue weighted by Gasteiger charge is -2.34. The maximum Gasteiger partial charge on any atom is 0.264 e. The summed E-state index contributed by atoms with van der Waals surface area (Å²) < 4.78 is 0. The summed E-state index contributed by atoms with van der Waals surface area (Å²) in [6, 6.07) is 2.31. The fraction of sp³-hybridized carbons (Fsp3) is 0.684. The Morgan fingerprint density at radius 3 is 2.56 bits per heavy atom. The Bertz CT molecular complexity index is 595. The lowest BCUT2D eigenvalue weighted by molar-refractivity contribution is -0.123. The third-order valence-corrected chi connectivity index (χ3v) is 6.16. The van der Waals surface area contributed by atoms with Crippen molar-refractivity contribution in [2.75, 3.05) is 32.7 Å². The van der Waals surface area contributed by atoms with Gasteiger partial charge in [-0.05, 0) is 51.2 Å². The Hall–Kier alpha value is -1.40. The SMILES string of the molecule is CC(C)NC(=O)CN1CCN(C(=O)c2cc3c(s2)CCCCC3)CC1. The van der Waals surface area contributed by atoms with E-state index < -0.39 is 0 Å². The van der Waals surface area contributed by atoms with Crippen LogP contribution in [-0.4, -0.2) is 60.4 Å². The van der Waals surface area contributed by atoms with Crippen LogP contribution in [-0.2, 0) is 17.6 Å². The molecule has 0 aromatic carbocycles.